The van der Waals surface area contributed by atoms with Crippen LogP contribution in [0.15, 0.2) is 34.2 Å². The van der Waals surface area contributed by atoms with Gasteiger partial charge in [0.05, 0.1) is 24.3 Å². The first-order valence-electron chi connectivity index (χ1n) is 9.35. The second kappa shape index (κ2) is 8.19. The van der Waals surface area contributed by atoms with E-state index in [-0.39, 0.29) is 17.1 Å². The molecule has 2 aromatic heterocycles. The quantitative estimate of drug-likeness (QED) is 0.334. The topological polar surface area (TPSA) is 61.2 Å². The Balaban J connectivity index is 1.66. The molecule has 0 radical (unpaired) electrons. The zero-order valence-electron chi connectivity index (χ0n) is 16.0. The van der Waals surface area contributed by atoms with Crippen molar-refractivity contribution >= 4 is 39.1 Å². The van der Waals surface area contributed by atoms with Crippen molar-refractivity contribution in [3.63, 3.8) is 0 Å². The van der Waals surface area contributed by atoms with Crippen LogP contribution in [-0.2, 0) is 24.1 Å². The Labute approximate surface area is 171 Å². The van der Waals surface area contributed by atoms with Crippen LogP contribution in [0.5, 0.6) is 0 Å². The summed E-state index contributed by atoms with van der Waals surface area (Å²) in [7, 11) is 1.62. The van der Waals surface area contributed by atoms with Gasteiger partial charge in [-0.1, -0.05) is 41.6 Å². The van der Waals surface area contributed by atoms with Crippen LogP contribution in [-0.4, -0.2) is 34.8 Å². The highest BCUT2D eigenvalue weighted by atomic mass is 32.2. The first-order valence-corrected chi connectivity index (χ1v) is 11.2. The number of hydrogen-bond donors (Lipinski definition) is 0. The predicted molar refractivity (Wildman–Crippen MR) is 114 cm³/mol. The molecule has 1 aliphatic carbocycles. The fraction of sp³-hybridized carbons (Fsp3) is 0.381. The van der Waals surface area contributed by atoms with E-state index < -0.39 is 0 Å². The summed E-state index contributed by atoms with van der Waals surface area (Å²) in [5, 5.41) is 1.36. The number of rotatable bonds is 7. The molecule has 0 unspecified atom stereocenters. The van der Waals surface area contributed by atoms with Crippen LogP contribution in [0.2, 0.25) is 0 Å². The van der Waals surface area contributed by atoms with Gasteiger partial charge in [-0.25, -0.2) is 4.98 Å². The summed E-state index contributed by atoms with van der Waals surface area (Å²) in [6.07, 6.45) is 3.09. The van der Waals surface area contributed by atoms with Crippen molar-refractivity contribution in [3.05, 3.63) is 56.2 Å². The lowest BCUT2D eigenvalue weighted by Crippen LogP contribution is -2.25. The zero-order chi connectivity index (χ0) is 19.7. The van der Waals surface area contributed by atoms with Gasteiger partial charge in [-0.05, 0) is 31.7 Å². The molecule has 2 heterocycles. The van der Waals surface area contributed by atoms with E-state index in [4.69, 9.17) is 9.72 Å². The van der Waals surface area contributed by atoms with Crippen molar-refractivity contribution in [2.45, 2.75) is 37.9 Å². The maximum atomic E-state index is 13.2. The lowest BCUT2D eigenvalue weighted by atomic mass is 10.1. The number of ether oxygens (including phenoxy) is 1. The molecule has 0 fully saturated rings. The highest BCUT2D eigenvalue weighted by Gasteiger charge is 2.23. The van der Waals surface area contributed by atoms with Gasteiger partial charge < -0.3 is 4.74 Å². The number of nitrogens with zero attached hydrogens (tertiary/aromatic N) is 2. The molecule has 0 amide bonds. The van der Waals surface area contributed by atoms with Crippen molar-refractivity contribution in [2.24, 2.45) is 0 Å². The highest BCUT2D eigenvalue weighted by Crippen LogP contribution is 2.35. The van der Waals surface area contributed by atoms with E-state index in [2.05, 4.69) is 0 Å². The van der Waals surface area contributed by atoms with Crippen molar-refractivity contribution in [1.82, 2.24) is 9.55 Å². The number of carbonyl (C=O) groups is 1. The molecule has 0 bridgehead atoms. The van der Waals surface area contributed by atoms with E-state index in [9.17, 15) is 9.59 Å². The summed E-state index contributed by atoms with van der Waals surface area (Å²) >= 11 is 2.95. The number of fused-ring (bicyclic) bond motifs is 3. The highest BCUT2D eigenvalue weighted by molar-refractivity contribution is 7.99. The Morgan fingerprint density at radius 3 is 2.82 bits per heavy atom. The number of aryl methyl sites for hydroxylation is 3. The maximum Gasteiger partial charge on any atom is 0.263 e. The second-order valence-corrected chi connectivity index (χ2v) is 8.99. The molecule has 1 aliphatic rings. The average molecular weight is 415 g/mol. The van der Waals surface area contributed by atoms with E-state index in [1.54, 1.807) is 23.0 Å². The smallest absolute Gasteiger partial charge is 0.263 e. The van der Waals surface area contributed by atoms with E-state index in [0.29, 0.717) is 23.9 Å². The van der Waals surface area contributed by atoms with E-state index >= 15 is 0 Å². The molecular weight excluding hydrogens is 392 g/mol. The fourth-order valence-corrected chi connectivity index (χ4v) is 5.72. The summed E-state index contributed by atoms with van der Waals surface area (Å²) < 4.78 is 6.86. The second-order valence-electron chi connectivity index (χ2n) is 6.96. The minimum Gasteiger partial charge on any atom is -0.383 e. The van der Waals surface area contributed by atoms with Crippen molar-refractivity contribution < 1.29 is 9.53 Å². The molecule has 1 aromatic carbocycles. The molecule has 0 atom stereocenters. The summed E-state index contributed by atoms with van der Waals surface area (Å²) in [6, 6.07) is 7.56. The largest absolute Gasteiger partial charge is 0.383 e. The molecular formula is C21H22N2O3S2. The molecule has 0 spiro atoms. The van der Waals surface area contributed by atoms with Gasteiger partial charge in [0.1, 0.15) is 4.83 Å². The number of benzene rings is 1. The summed E-state index contributed by atoms with van der Waals surface area (Å²) in [6.45, 7) is 2.86. The van der Waals surface area contributed by atoms with Crippen molar-refractivity contribution in [3.8, 4) is 0 Å². The number of thiophene rings is 1. The van der Waals surface area contributed by atoms with Gasteiger partial charge in [-0.2, -0.15) is 0 Å². The molecule has 0 aliphatic heterocycles. The number of hydrogen-bond acceptors (Lipinski definition) is 6. The molecule has 0 N–H and O–H groups in total. The molecule has 7 heteroatoms. The third-order valence-corrected chi connectivity index (χ3v) is 7.18. The Hall–Kier alpha value is -1.96. The van der Waals surface area contributed by atoms with E-state index in [1.807, 2.05) is 31.2 Å². The minimum absolute atomic E-state index is 0.00765. The van der Waals surface area contributed by atoms with Crippen LogP contribution < -0.4 is 5.56 Å². The first-order chi connectivity index (χ1) is 13.6. The summed E-state index contributed by atoms with van der Waals surface area (Å²) in [5.74, 6) is 0.283. The molecule has 3 aromatic rings. The van der Waals surface area contributed by atoms with Crippen LogP contribution in [0.25, 0.3) is 10.2 Å². The van der Waals surface area contributed by atoms with Crippen LogP contribution in [0.3, 0.4) is 0 Å². The number of thioether (sulfide) groups is 1. The van der Waals surface area contributed by atoms with Crippen LogP contribution >= 0.6 is 23.1 Å². The lowest BCUT2D eigenvalue weighted by molar-refractivity contribution is 0.102. The molecule has 5 nitrogen and oxygen atoms in total. The van der Waals surface area contributed by atoms with E-state index in [0.717, 1.165) is 35.0 Å². The predicted octanol–water partition coefficient (Wildman–Crippen LogP) is 3.88. The van der Waals surface area contributed by atoms with E-state index in [1.165, 1.54) is 22.2 Å². The van der Waals surface area contributed by atoms with Gasteiger partial charge in [0.25, 0.3) is 5.56 Å². The molecule has 28 heavy (non-hydrogen) atoms. The van der Waals surface area contributed by atoms with Gasteiger partial charge in [0.15, 0.2) is 10.9 Å². The van der Waals surface area contributed by atoms with Gasteiger partial charge in [-0.15, -0.1) is 11.3 Å². The Bertz CT molecular complexity index is 1080. The molecule has 146 valence electrons. The van der Waals surface area contributed by atoms with Crippen LogP contribution in [0.1, 0.15) is 32.8 Å². The SMILES string of the molecule is COCCn1c(SCC(=O)c2ccc(C)cc2)nc2sc3c(c2c1=O)CCC3. The normalized spacial score (nSPS) is 13.2. The number of ketones is 1. The Morgan fingerprint density at radius 1 is 1.29 bits per heavy atom. The summed E-state index contributed by atoms with van der Waals surface area (Å²) in [5.41, 5.74) is 2.97. The monoisotopic (exact) mass is 414 g/mol. The maximum absolute atomic E-state index is 13.2. The minimum atomic E-state index is -0.00765. The third-order valence-electron chi connectivity index (χ3n) is 5.01. The fourth-order valence-electron chi connectivity index (χ4n) is 3.50. The van der Waals surface area contributed by atoms with Gasteiger partial charge >= 0.3 is 0 Å². The summed E-state index contributed by atoms with van der Waals surface area (Å²) in [4.78, 5) is 32.6. The lowest BCUT2D eigenvalue weighted by Gasteiger charge is -2.12. The number of carbonyl (C=O) groups excluding carboxylic acids is 1. The van der Waals surface area contributed by atoms with Gasteiger partial charge in [0, 0.05) is 17.6 Å². The Kier molecular flexibility index (Phi) is 5.66. The Morgan fingerprint density at radius 2 is 2.07 bits per heavy atom. The van der Waals surface area contributed by atoms with Crippen LogP contribution in [0, 0.1) is 6.92 Å². The van der Waals surface area contributed by atoms with Gasteiger partial charge in [-0.3, -0.25) is 14.2 Å². The van der Waals surface area contributed by atoms with Crippen molar-refractivity contribution in [1.29, 1.82) is 0 Å². The standard InChI is InChI=1S/C21H22N2O3S2/c1-13-6-8-14(9-7-13)16(24)12-27-21-22-19-18(15-4-3-5-17(15)28-19)20(25)23(21)10-11-26-2/h6-9H,3-5,10-12H2,1-2H3. The molecule has 0 saturated carbocycles. The third kappa shape index (κ3) is 3.66. The first kappa shape index (κ1) is 19.4. The average Bonchev–Trinajstić information content (AvgIpc) is 3.27. The molecule has 0 saturated heterocycles. The zero-order valence-corrected chi connectivity index (χ0v) is 17.6. The number of aromatic nitrogens is 2. The molecule has 4 rings (SSSR count). The van der Waals surface area contributed by atoms with Gasteiger partial charge in [0.2, 0.25) is 0 Å². The number of methoxy groups -OCH3 is 1. The number of Topliss-reactive ketones (excluding diaryl/α,β-unsaturated/α-hetero) is 1. The van der Waals surface area contributed by atoms with Crippen molar-refractivity contribution in [2.75, 3.05) is 19.5 Å². The van der Waals surface area contributed by atoms with Crippen LogP contribution in [0.4, 0.5) is 0 Å².